The number of aromatic nitrogens is 3. The summed E-state index contributed by atoms with van der Waals surface area (Å²) < 4.78 is 7.31. The number of hydrogen-bond acceptors (Lipinski definition) is 5. The molecule has 0 aromatic carbocycles. The van der Waals surface area contributed by atoms with Gasteiger partial charge in [-0.1, -0.05) is 11.2 Å². The normalized spacial score (nSPS) is 18.5. The summed E-state index contributed by atoms with van der Waals surface area (Å²) in [6.45, 7) is 4.47. The van der Waals surface area contributed by atoms with Crippen LogP contribution in [-0.4, -0.2) is 32.5 Å². The SMILES string of the molecule is Cc1noc(C2CCN(Cc3cn4ccccc4c3C#N)C2)n1. The third-order valence-electron chi connectivity index (χ3n) is 4.43. The molecule has 0 spiro atoms. The van der Waals surface area contributed by atoms with Crippen LogP contribution in [0.1, 0.15) is 35.2 Å². The topological polar surface area (TPSA) is 70.4 Å². The smallest absolute Gasteiger partial charge is 0.231 e. The molecule has 1 fully saturated rings. The maximum absolute atomic E-state index is 9.50. The van der Waals surface area contributed by atoms with Crippen molar-refractivity contribution in [3.05, 3.63) is 53.4 Å². The standard InChI is InChI=1S/C17H17N5O/c1-12-19-17(23-20-12)13-5-7-21(9-13)10-14-11-22-6-3-2-4-16(22)15(14)8-18/h2-4,6,11,13H,5,7,9-10H2,1H3. The van der Waals surface area contributed by atoms with Gasteiger partial charge in [-0.05, 0) is 32.0 Å². The Labute approximate surface area is 133 Å². The molecular weight excluding hydrogens is 290 g/mol. The van der Waals surface area contributed by atoms with Crippen LogP contribution >= 0.6 is 0 Å². The van der Waals surface area contributed by atoms with Crippen LogP contribution in [0.3, 0.4) is 0 Å². The number of nitrogens with zero attached hydrogens (tertiary/aromatic N) is 5. The molecule has 4 heterocycles. The van der Waals surface area contributed by atoms with E-state index in [0.717, 1.165) is 48.6 Å². The fourth-order valence-corrected chi connectivity index (χ4v) is 3.32. The zero-order valence-electron chi connectivity index (χ0n) is 12.9. The van der Waals surface area contributed by atoms with Gasteiger partial charge in [0.1, 0.15) is 6.07 Å². The highest BCUT2D eigenvalue weighted by molar-refractivity contribution is 5.65. The predicted octanol–water partition coefficient (Wildman–Crippen LogP) is 2.49. The van der Waals surface area contributed by atoms with Crippen molar-refractivity contribution < 1.29 is 4.52 Å². The first kappa shape index (κ1) is 14.0. The summed E-state index contributed by atoms with van der Waals surface area (Å²) in [7, 11) is 0. The Kier molecular flexibility index (Phi) is 3.36. The highest BCUT2D eigenvalue weighted by atomic mass is 16.5. The van der Waals surface area contributed by atoms with Crippen LogP contribution in [0.4, 0.5) is 0 Å². The van der Waals surface area contributed by atoms with Crippen LogP contribution in [0, 0.1) is 18.3 Å². The number of nitriles is 1. The summed E-state index contributed by atoms with van der Waals surface area (Å²) in [5.74, 6) is 1.70. The van der Waals surface area contributed by atoms with Gasteiger partial charge in [0.15, 0.2) is 5.82 Å². The Balaban J connectivity index is 1.54. The molecule has 1 atom stereocenters. The van der Waals surface area contributed by atoms with Crippen LogP contribution < -0.4 is 0 Å². The van der Waals surface area contributed by atoms with Gasteiger partial charge >= 0.3 is 0 Å². The minimum atomic E-state index is 0.291. The van der Waals surface area contributed by atoms with Gasteiger partial charge in [0.25, 0.3) is 0 Å². The average molecular weight is 307 g/mol. The lowest BCUT2D eigenvalue weighted by Crippen LogP contribution is -2.20. The Hall–Kier alpha value is -2.65. The van der Waals surface area contributed by atoms with E-state index in [1.165, 1.54) is 0 Å². The summed E-state index contributed by atoms with van der Waals surface area (Å²) in [5.41, 5.74) is 2.80. The number of rotatable bonds is 3. The molecule has 1 aliphatic heterocycles. The third-order valence-corrected chi connectivity index (χ3v) is 4.43. The van der Waals surface area contributed by atoms with E-state index >= 15 is 0 Å². The molecule has 3 aromatic heterocycles. The molecule has 1 saturated heterocycles. The summed E-state index contributed by atoms with van der Waals surface area (Å²) in [4.78, 5) is 6.69. The zero-order chi connectivity index (χ0) is 15.8. The van der Waals surface area contributed by atoms with Crippen molar-refractivity contribution in [2.45, 2.75) is 25.8 Å². The highest BCUT2D eigenvalue weighted by Gasteiger charge is 2.28. The first-order chi connectivity index (χ1) is 11.2. The second kappa shape index (κ2) is 5.52. The van der Waals surface area contributed by atoms with Gasteiger partial charge in [-0.3, -0.25) is 4.90 Å². The summed E-state index contributed by atoms with van der Waals surface area (Å²) in [6, 6.07) is 8.27. The molecule has 116 valence electrons. The molecule has 6 heteroatoms. The van der Waals surface area contributed by atoms with Crippen molar-refractivity contribution in [2.24, 2.45) is 0 Å². The van der Waals surface area contributed by atoms with E-state index in [0.29, 0.717) is 11.7 Å². The number of aryl methyl sites for hydroxylation is 1. The van der Waals surface area contributed by atoms with Gasteiger partial charge in [-0.2, -0.15) is 10.2 Å². The zero-order valence-corrected chi connectivity index (χ0v) is 12.9. The highest BCUT2D eigenvalue weighted by Crippen LogP contribution is 2.28. The van der Waals surface area contributed by atoms with Crippen molar-refractivity contribution >= 4 is 5.52 Å². The summed E-state index contributed by atoms with van der Waals surface area (Å²) >= 11 is 0. The van der Waals surface area contributed by atoms with Crippen molar-refractivity contribution in [3.8, 4) is 6.07 Å². The van der Waals surface area contributed by atoms with Gasteiger partial charge < -0.3 is 8.92 Å². The molecule has 6 nitrogen and oxygen atoms in total. The van der Waals surface area contributed by atoms with E-state index in [1.807, 2.05) is 35.7 Å². The quantitative estimate of drug-likeness (QED) is 0.743. The average Bonchev–Trinajstić information content (AvgIpc) is 3.25. The molecule has 0 aliphatic carbocycles. The van der Waals surface area contributed by atoms with E-state index in [4.69, 9.17) is 4.52 Å². The first-order valence-electron chi connectivity index (χ1n) is 7.76. The van der Waals surface area contributed by atoms with Crippen molar-refractivity contribution in [2.75, 3.05) is 13.1 Å². The van der Waals surface area contributed by atoms with Crippen molar-refractivity contribution in [1.29, 1.82) is 5.26 Å². The summed E-state index contributed by atoms with van der Waals surface area (Å²) in [6.07, 6.45) is 5.04. The maximum Gasteiger partial charge on any atom is 0.231 e. The molecule has 0 saturated carbocycles. The fraction of sp³-hybridized carbons (Fsp3) is 0.353. The summed E-state index contributed by atoms with van der Waals surface area (Å²) in [5, 5.41) is 13.4. The number of hydrogen-bond donors (Lipinski definition) is 0. The van der Waals surface area contributed by atoms with E-state index in [2.05, 4.69) is 27.3 Å². The van der Waals surface area contributed by atoms with Crippen LogP contribution in [-0.2, 0) is 6.54 Å². The van der Waals surface area contributed by atoms with E-state index in [1.54, 1.807) is 0 Å². The van der Waals surface area contributed by atoms with Gasteiger partial charge in [-0.15, -0.1) is 0 Å². The molecule has 0 N–H and O–H groups in total. The van der Waals surface area contributed by atoms with Crippen LogP contribution in [0.5, 0.6) is 0 Å². The Morgan fingerprint density at radius 3 is 3.13 bits per heavy atom. The van der Waals surface area contributed by atoms with E-state index < -0.39 is 0 Å². The largest absolute Gasteiger partial charge is 0.339 e. The Morgan fingerprint density at radius 1 is 1.43 bits per heavy atom. The molecule has 1 aliphatic rings. The minimum absolute atomic E-state index is 0.291. The van der Waals surface area contributed by atoms with Gasteiger partial charge in [-0.25, -0.2) is 0 Å². The lowest BCUT2D eigenvalue weighted by atomic mass is 10.1. The van der Waals surface area contributed by atoms with Gasteiger partial charge in [0.05, 0.1) is 17.0 Å². The molecular formula is C17H17N5O. The molecule has 0 bridgehead atoms. The predicted molar refractivity (Wildman–Crippen MR) is 83.8 cm³/mol. The molecule has 3 aromatic rings. The molecule has 23 heavy (non-hydrogen) atoms. The number of pyridine rings is 1. The number of likely N-dealkylation sites (tertiary alicyclic amines) is 1. The fourth-order valence-electron chi connectivity index (χ4n) is 3.32. The Morgan fingerprint density at radius 2 is 2.35 bits per heavy atom. The van der Waals surface area contributed by atoms with E-state index in [9.17, 15) is 5.26 Å². The van der Waals surface area contributed by atoms with Crippen LogP contribution in [0.15, 0.2) is 35.1 Å². The molecule has 4 rings (SSSR count). The van der Waals surface area contributed by atoms with Gasteiger partial charge in [0.2, 0.25) is 5.89 Å². The van der Waals surface area contributed by atoms with Crippen LogP contribution in [0.25, 0.3) is 5.52 Å². The maximum atomic E-state index is 9.50. The van der Waals surface area contributed by atoms with Crippen molar-refractivity contribution in [3.63, 3.8) is 0 Å². The van der Waals surface area contributed by atoms with Crippen LogP contribution in [0.2, 0.25) is 0 Å². The lowest BCUT2D eigenvalue weighted by molar-refractivity contribution is 0.308. The molecule has 0 radical (unpaired) electrons. The van der Waals surface area contributed by atoms with Crippen molar-refractivity contribution in [1.82, 2.24) is 19.4 Å². The number of fused-ring (bicyclic) bond motifs is 1. The second-order valence-corrected chi connectivity index (χ2v) is 6.03. The first-order valence-corrected chi connectivity index (χ1v) is 7.76. The molecule has 0 amide bonds. The van der Waals surface area contributed by atoms with Gasteiger partial charge in [0, 0.05) is 31.0 Å². The third kappa shape index (κ3) is 2.49. The monoisotopic (exact) mass is 307 g/mol. The lowest BCUT2D eigenvalue weighted by Gasteiger charge is -2.14. The Bertz CT molecular complexity index is 888. The minimum Gasteiger partial charge on any atom is -0.339 e. The molecule has 1 unspecified atom stereocenters. The second-order valence-electron chi connectivity index (χ2n) is 6.03. The van der Waals surface area contributed by atoms with E-state index in [-0.39, 0.29) is 0 Å².